The molecule has 0 radical (unpaired) electrons. The number of nitrogens with zero attached hydrogens (tertiary/aromatic N) is 2. The molecule has 16 rings (SSSR count). The fourth-order valence-corrected chi connectivity index (χ4v) is 13.5. The molecular formula is C75H50N2O. The van der Waals surface area contributed by atoms with Crippen molar-refractivity contribution in [3.63, 3.8) is 0 Å². The van der Waals surface area contributed by atoms with Gasteiger partial charge in [0.05, 0.1) is 5.69 Å². The lowest BCUT2D eigenvalue weighted by molar-refractivity contribution is 0.513. The van der Waals surface area contributed by atoms with Gasteiger partial charge in [-0.1, -0.05) is 200 Å². The Morgan fingerprint density at radius 1 is 0.308 bits per heavy atom. The van der Waals surface area contributed by atoms with E-state index < -0.39 is 0 Å². The Morgan fingerprint density at radius 3 is 1.37 bits per heavy atom. The van der Waals surface area contributed by atoms with Crippen LogP contribution in [-0.2, 0) is 18.3 Å². The van der Waals surface area contributed by atoms with Crippen LogP contribution < -0.4 is 9.80 Å². The molecule has 1 spiro atoms. The first-order chi connectivity index (χ1) is 38.6. The van der Waals surface area contributed by atoms with E-state index >= 15 is 0 Å². The summed E-state index contributed by atoms with van der Waals surface area (Å²) in [5.74, 6) is 0. The summed E-state index contributed by atoms with van der Waals surface area (Å²) in [5, 5.41) is 9.64. The summed E-state index contributed by atoms with van der Waals surface area (Å²) in [6.07, 6.45) is 1.69. The monoisotopic (exact) mass is 994 g/mol. The van der Waals surface area contributed by atoms with Crippen LogP contribution in [0.1, 0.15) is 22.3 Å². The molecule has 0 amide bonds. The number of anilines is 6. The summed E-state index contributed by atoms with van der Waals surface area (Å²) in [5.41, 5.74) is 20.9. The zero-order valence-electron chi connectivity index (χ0n) is 42.8. The molecule has 0 atom stereocenters. The molecule has 0 unspecified atom stereocenters. The minimum atomic E-state index is -0.307. The van der Waals surface area contributed by atoms with Crippen LogP contribution in [0, 0.1) is 0 Å². The fraction of sp³-hybridized carbons (Fsp3) is 0.0400. The highest BCUT2D eigenvalue weighted by molar-refractivity contribution is 6.22. The molecule has 1 aromatic heterocycles. The number of hydrogen-bond acceptors (Lipinski definition) is 3. The van der Waals surface area contributed by atoms with Crippen LogP contribution in [0.3, 0.4) is 0 Å². The van der Waals surface area contributed by atoms with Gasteiger partial charge in [-0.2, -0.15) is 0 Å². The van der Waals surface area contributed by atoms with Gasteiger partial charge in [0, 0.05) is 50.7 Å². The van der Waals surface area contributed by atoms with Gasteiger partial charge >= 0.3 is 0 Å². The Hall–Kier alpha value is -9.96. The average Bonchev–Trinajstić information content (AvgIpc) is 3.95. The van der Waals surface area contributed by atoms with Crippen molar-refractivity contribution in [3.05, 3.63) is 301 Å². The van der Waals surface area contributed by atoms with Gasteiger partial charge in [0.25, 0.3) is 0 Å². The third-order valence-electron chi connectivity index (χ3n) is 17.0. The van der Waals surface area contributed by atoms with Crippen molar-refractivity contribution < 1.29 is 4.42 Å². The van der Waals surface area contributed by atoms with Gasteiger partial charge < -0.3 is 14.2 Å². The van der Waals surface area contributed by atoms with Gasteiger partial charge in [-0.3, -0.25) is 0 Å². The number of rotatable bonds is 8. The van der Waals surface area contributed by atoms with Gasteiger partial charge in [0.1, 0.15) is 11.2 Å². The minimum Gasteiger partial charge on any atom is -0.456 e. The van der Waals surface area contributed by atoms with Gasteiger partial charge in [-0.05, 0) is 174 Å². The molecule has 13 aromatic carbocycles. The summed E-state index contributed by atoms with van der Waals surface area (Å²) in [6.45, 7) is 0. The first-order valence-corrected chi connectivity index (χ1v) is 27.1. The van der Waals surface area contributed by atoms with Crippen LogP contribution in [0.5, 0.6) is 0 Å². The van der Waals surface area contributed by atoms with Gasteiger partial charge in [-0.15, -0.1) is 0 Å². The van der Waals surface area contributed by atoms with E-state index in [1.54, 1.807) is 0 Å². The molecule has 2 aliphatic rings. The lowest BCUT2D eigenvalue weighted by atomic mass is 9.65. The molecule has 0 fully saturated rings. The standard InChI is InChI=1S/C75H50N2O/c1-3-15-49(16-4-1)53-27-33-58(34-28-53)76(60-37-31-51-19-7-9-21-55(51)43-60)62-39-40-65-71(46-62)78-72-45-57-47-75(68-25-13-11-23-63(68)64-24-12-14-26-69(64)75)48-67-70(42-41-66(73(57)67)74(65)72)77(61-38-32-52-20-8-10-22-56(52)44-61)59-35-29-54(30-36-59)50-17-5-2-6-18-50/h1-46H,47-48H2. The van der Waals surface area contributed by atoms with E-state index in [1.807, 2.05) is 0 Å². The topological polar surface area (TPSA) is 19.6 Å². The molecule has 0 saturated carbocycles. The SMILES string of the molecule is c1ccc(-c2ccc(N(c3ccc4ccccc4c3)c3ccc4c(c3)oc3cc5c6c(c(N(c7ccc(-c8ccccc8)cc7)c7ccc8ccccc8c7)ccc6c34)CC3(C5)c4ccccc4-c4ccccc43)cc2)cc1. The van der Waals surface area contributed by atoms with Crippen molar-refractivity contribution in [3.8, 4) is 33.4 Å². The van der Waals surface area contributed by atoms with Crippen molar-refractivity contribution in [1.29, 1.82) is 0 Å². The number of hydrogen-bond donors (Lipinski definition) is 0. The maximum Gasteiger partial charge on any atom is 0.137 e. The van der Waals surface area contributed by atoms with Crippen LogP contribution >= 0.6 is 0 Å². The summed E-state index contributed by atoms with van der Waals surface area (Å²) in [7, 11) is 0. The van der Waals surface area contributed by atoms with E-state index in [0.717, 1.165) is 63.2 Å². The molecule has 0 aliphatic heterocycles. The van der Waals surface area contributed by atoms with E-state index in [9.17, 15) is 0 Å². The summed E-state index contributed by atoms with van der Waals surface area (Å²) in [4.78, 5) is 4.88. The smallest absolute Gasteiger partial charge is 0.137 e. The molecular weight excluding hydrogens is 945 g/mol. The van der Waals surface area contributed by atoms with Crippen molar-refractivity contribution in [2.75, 3.05) is 9.80 Å². The summed E-state index contributed by atoms with van der Waals surface area (Å²) >= 11 is 0. The van der Waals surface area contributed by atoms with E-state index in [1.165, 1.54) is 93.6 Å². The second-order valence-electron chi connectivity index (χ2n) is 21.3. The second kappa shape index (κ2) is 17.6. The van der Waals surface area contributed by atoms with Crippen molar-refractivity contribution in [2.45, 2.75) is 18.3 Å². The highest BCUT2D eigenvalue weighted by Crippen LogP contribution is 2.58. The summed E-state index contributed by atoms with van der Waals surface area (Å²) in [6, 6.07) is 103. The summed E-state index contributed by atoms with van der Waals surface area (Å²) < 4.78 is 7.23. The van der Waals surface area contributed by atoms with E-state index in [2.05, 4.69) is 289 Å². The molecule has 1 heterocycles. The third-order valence-corrected chi connectivity index (χ3v) is 17.0. The van der Waals surface area contributed by atoms with Gasteiger partial charge in [0.2, 0.25) is 0 Å². The van der Waals surface area contributed by atoms with Gasteiger partial charge in [0.15, 0.2) is 0 Å². The quantitative estimate of drug-likeness (QED) is 0.151. The zero-order valence-corrected chi connectivity index (χ0v) is 42.8. The lowest BCUT2D eigenvalue weighted by Crippen LogP contribution is -2.34. The van der Waals surface area contributed by atoms with Gasteiger partial charge in [-0.25, -0.2) is 0 Å². The number of benzene rings is 13. The zero-order chi connectivity index (χ0) is 51.3. The normalized spacial score (nSPS) is 13.1. The van der Waals surface area contributed by atoms with Crippen molar-refractivity contribution >= 4 is 88.4 Å². The largest absolute Gasteiger partial charge is 0.456 e. The molecule has 366 valence electrons. The van der Waals surface area contributed by atoms with Crippen LogP contribution in [-0.4, -0.2) is 0 Å². The Labute approximate surface area is 453 Å². The number of furan rings is 1. The van der Waals surface area contributed by atoms with Crippen LogP contribution in [0.2, 0.25) is 0 Å². The molecule has 0 N–H and O–H groups in total. The molecule has 3 nitrogen and oxygen atoms in total. The predicted molar refractivity (Wildman–Crippen MR) is 327 cm³/mol. The highest BCUT2D eigenvalue weighted by atomic mass is 16.3. The molecule has 78 heavy (non-hydrogen) atoms. The van der Waals surface area contributed by atoms with E-state index in [0.29, 0.717) is 0 Å². The molecule has 2 aliphatic carbocycles. The first kappa shape index (κ1) is 44.3. The van der Waals surface area contributed by atoms with E-state index in [-0.39, 0.29) is 5.41 Å². The maximum atomic E-state index is 7.23. The van der Waals surface area contributed by atoms with E-state index in [4.69, 9.17) is 4.42 Å². The maximum absolute atomic E-state index is 7.23. The third kappa shape index (κ3) is 6.98. The first-order valence-electron chi connectivity index (χ1n) is 27.1. The fourth-order valence-electron chi connectivity index (χ4n) is 13.5. The Morgan fingerprint density at radius 2 is 0.769 bits per heavy atom. The van der Waals surface area contributed by atoms with Crippen LogP contribution in [0.25, 0.3) is 87.6 Å². The molecule has 0 bridgehead atoms. The Bertz CT molecular complexity index is 4630. The number of fused-ring (bicyclic) bond motifs is 11. The van der Waals surface area contributed by atoms with Crippen molar-refractivity contribution in [2.24, 2.45) is 0 Å². The Balaban J connectivity index is 0.917. The Kier molecular flexibility index (Phi) is 9.98. The second-order valence-corrected chi connectivity index (χ2v) is 21.3. The minimum absolute atomic E-state index is 0.307. The highest BCUT2D eigenvalue weighted by Gasteiger charge is 2.47. The predicted octanol–water partition coefficient (Wildman–Crippen LogP) is 20.4. The molecule has 3 heteroatoms. The molecule has 14 aromatic rings. The van der Waals surface area contributed by atoms with Crippen LogP contribution in [0.15, 0.2) is 283 Å². The van der Waals surface area contributed by atoms with Crippen LogP contribution in [0.4, 0.5) is 34.1 Å². The average molecular weight is 995 g/mol. The lowest BCUT2D eigenvalue weighted by Gasteiger charge is -2.40. The molecule has 0 saturated heterocycles. The van der Waals surface area contributed by atoms with Crippen molar-refractivity contribution in [1.82, 2.24) is 0 Å².